The van der Waals surface area contributed by atoms with Crippen LogP contribution in [0.15, 0.2) is 58.7 Å². The van der Waals surface area contributed by atoms with Gasteiger partial charge in [0, 0.05) is 34.0 Å². The highest BCUT2D eigenvalue weighted by Crippen LogP contribution is 2.12. The molecule has 8 heteroatoms. The number of nitrogens with zero attached hydrogens (tertiary/aromatic N) is 2. The van der Waals surface area contributed by atoms with Crippen LogP contribution in [0, 0.1) is 0 Å². The minimum Gasteiger partial charge on any atom is -0.273 e. The van der Waals surface area contributed by atoms with Crippen LogP contribution < -0.4 is 10.9 Å². The van der Waals surface area contributed by atoms with Gasteiger partial charge in [0.05, 0.1) is 12.4 Å². The van der Waals surface area contributed by atoms with Crippen LogP contribution in [0.4, 0.5) is 0 Å². The number of carbonyl (C=O) groups is 2. The van der Waals surface area contributed by atoms with Gasteiger partial charge in [-0.15, -0.1) is 0 Å². The lowest BCUT2D eigenvalue weighted by molar-refractivity contribution is -0.126. The fourth-order valence-corrected chi connectivity index (χ4v) is 2.22. The number of hydrogen-bond donors (Lipinski definition) is 2. The molecule has 2 aromatic rings. The maximum atomic E-state index is 11.7. The lowest BCUT2D eigenvalue weighted by atomic mass is 10.2. The minimum atomic E-state index is -0.390. The smallest absolute Gasteiger partial charge is 0.240 e. The second-order valence-corrected chi connectivity index (χ2v) is 5.94. The highest BCUT2D eigenvalue weighted by atomic mass is 35.5. The van der Waals surface area contributed by atoms with E-state index in [4.69, 9.17) is 23.2 Å². The molecule has 0 saturated carbocycles. The lowest BCUT2D eigenvalue weighted by Crippen LogP contribution is -2.22. The lowest BCUT2D eigenvalue weighted by Gasteiger charge is -2.01. The van der Waals surface area contributed by atoms with Crippen LogP contribution in [-0.2, 0) is 9.59 Å². The van der Waals surface area contributed by atoms with Gasteiger partial charge in [-0.2, -0.15) is 10.2 Å². The van der Waals surface area contributed by atoms with Crippen LogP contribution in [0.1, 0.15) is 24.0 Å². The van der Waals surface area contributed by atoms with Crippen LogP contribution in [0.5, 0.6) is 0 Å². The molecule has 0 aliphatic carbocycles. The van der Waals surface area contributed by atoms with Crippen molar-refractivity contribution in [3.63, 3.8) is 0 Å². The van der Waals surface area contributed by atoms with Crippen molar-refractivity contribution in [1.29, 1.82) is 0 Å². The monoisotopic (exact) mass is 390 g/mol. The number of nitrogens with one attached hydrogen (secondary N) is 2. The number of amides is 2. The molecule has 0 saturated heterocycles. The van der Waals surface area contributed by atoms with Crippen molar-refractivity contribution in [2.75, 3.05) is 0 Å². The van der Waals surface area contributed by atoms with Crippen LogP contribution in [-0.4, -0.2) is 24.2 Å². The number of rotatable bonds is 7. The van der Waals surface area contributed by atoms with Gasteiger partial charge in [0.2, 0.25) is 11.8 Å². The van der Waals surface area contributed by atoms with E-state index in [1.807, 2.05) is 12.1 Å². The summed E-state index contributed by atoms with van der Waals surface area (Å²) in [5.41, 5.74) is 6.04. The first kappa shape index (κ1) is 19.6. The fraction of sp³-hybridized carbons (Fsp3) is 0.111. The van der Waals surface area contributed by atoms with Gasteiger partial charge in [0.25, 0.3) is 0 Å². The van der Waals surface area contributed by atoms with Gasteiger partial charge in [-0.1, -0.05) is 59.6 Å². The van der Waals surface area contributed by atoms with Crippen molar-refractivity contribution in [3.05, 3.63) is 69.7 Å². The molecule has 0 aromatic heterocycles. The third-order valence-electron chi connectivity index (χ3n) is 3.18. The molecule has 0 bridgehead atoms. The molecule has 2 rings (SSSR count). The van der Waals surface area contributed by atoms with Crippen LogP contribution in [0.2, 0.25) is 10.0 Å². The van der Waals surface area contributed by atoms with E-state index >= 15 is 0 Å². The molecule has 2 amide bonds. The van der Waals surface area contributed by atoms with E-state index in [2.05, 4.69) is 21.1 Å². The summed E-state index contributed by atoms with van der Waals surface area (Å²) < 4.78 is 0. The Balaban J connectivity index is 1.71. The van der Waals surface area contributed by atoms with E-state index in [0.717, 1.165) is 0 Å². The molecule has 134 valence electrons. The summed E-state index contributed by atoms with van der Waals surface area (Å²) in [6, 6.07) is 14.2. The molecular formula is C18H16Cl2N4O2. The summed E-state index contributed by atoms with van der Waals surface area (Å²) in [4.78, 5) is 23.3. The number of hydrazone groups is 2. The van der Waals surface area contributed by atoms with Gasteiger partial charge < -0.3 is 0 Å². The minimum absolute atomic E-state index is 0.0205. The average molecular weight is 391 g/mol. The third kappa shape index (κ3) is 6.66. The van der Waals surface area contributed by atoms with E-state index in [1.165, 1.54) is 12.4 Å². The molecule has 26 heavy (non-hydrogen) atoms. The Morgan fingerprint density at radius 1 is 0.769 bits per heavy atom. The van der Waals surface area contributed by atoms with Crippen molar-refractivity contribution in [2.45, 2.75) is 12.8 Å². The molecule has 0 unspecified atom stereocenters. The Kier molecular flexibility index (Phi) is 7.79. The molecule has 0 aliphatic rings. The van der Waals surface area contributed by atoms with Gasteiger partial charge in [0.15, 0.2) is 0 Å². The second kappa shape index (κ2) is 10.3. The van der Waals surface area contributed by atoms with Crippen molar-refractivity contribution in [1.82, 2.24) is 10.9 Å². The molecule has 0 atom stereocenters. The van der Waals surface area contributed by atoms with Crippen LogP contribution in [0.3, 0.4) is 0 Å². The van der Waals surface area contributed by atoms with Gasteiger partial charge >= 0.3 is 0 Å². The highest BCUT2D eigenvalue weighted by molar-refractivity contribution is 6.33. The second-order valence-electron chi connectivity index (χ2n) is 5.13. The first-order valence-electron chi connectivity index (χ1n) is 7.69. The van der Waals surface area contributed by atoms with Crippen molar-refractivity contribution < 1.29 is 9.59 Å². The van der Waals surface area contributed by atoms with E-state index in [1.54, 1.807) is 36.4 Å². The molecule has 6 nitrogen and oxygen atoms in total. The van der Waals surface area contributed by atoms with Gasteiger partial charge in [-0.05, 0) is 12.1 Å². The number of benzene rings is 2. The first-order chi connectivity index (χ1) is 12.6. The first-order valence-corrected chi connectivity index (χ1v) is 8.44. The Labute approximate surface area is 160 Å². The van der Waals surface area contributed by atoms with E-state index in [0.29, 0.717) is 21.2 Å². The van der Waals surface area contributed by atoms with E-state index < -0.39 is 11.8 Å². The zero-order valence-electron chi connectivity index (χ0n) is 13.7. The van der Waals surface area contributed by atoms with Crippen molar-refractivity contribution in [2.24, 2.45) is 10.2 Å². The average Bonchev–Trinajstić information content (AvgIpc) is 2.63. The fourth-order valence-electron chi connectivity index (χ4n) is 1.85. The third-order valence-corrected chi connectivity index (χ3v) is 3.86. The predicted molar refractivity (Wildman–Crippen MR) is 104 cm³/mol. The Hall–Kier alpha value is -2.70. The summed E-state index contributed by atoms with van der Waals surface area (Å²) in [7, 11) is 0. The summed E-state index contributed by atoms with van der Waals surface area (Å²) in [6.45, 7) is 0. The van der Waals surface area contributed by atoms with Gasteiger partial charge in [-0.25, -0.2) is 10.9 Å². The molecule has 0 fully saturated rings. The van der Waals surface area contributed by atoms with Crippen LogP contribution in [0.25, 0.3) is 0 Å². The van der Waals surface area contributed by atoms with E-state index in [-0.39, 0.29) is 12.8 Å². The molecular weight excluding hydrogens is 375 g/mol. The molecule has 2 N–H and O–H groups in total. The Morgan fingerprint density at radius 3 is 1.54 bits per heavy atom. The summed E-state index contributed by atoms with van der Waals surface area (Å²) in [6.07, 6.45) is 2.84. The standard InChI is InChI=1S/C18H16Cl2N4O2/c19-15-7-3-1-5-13(15)11-21-23-17(25)9-10-18(26)24-22-12-14-6-2-4-8-16(14)20/h1-8,11-12H,9-10H2,(H,23,25)(H,24,26). The summed E-state index contributed by atoms with van der Waals surface area (Å²) in [5, 5.41) is 8.67. The largest absolute Gasteiger partial charge is 0.273 e. The highest BCUT2D eigenvalue weighted by Gasteiger charge is 2.05. The number of hydrogen-bond acceptors (Lipinski definition) is 4. The summed E-state index contributed by atoms with van der Waals surface area (Å²) in [5.74, 6) is -0.780. The Morgan fingerprint density at radius 2 is 1.15 bits per heavy atom. The van der Waals surface area contributed by atoms with E-state index in [9.17, 15) is 9.59 Å². The maximum absolute atomic E-state index is 11.7. The molecule has 0 spiro atoms. The molecule has 0 heterocycles. The maximum Gasteiger partial charge on any atom is 0.240 e. The number of carbonyl (C=O) groups excluding carboxylic acids is 2. The molecule has 0 radical (unpaired) electrons. The van der Waals surface area contributed by atoms with Gasteiger partial charge in [0.1, 0.15) is 0 Å². The Bertz CT molecular complexity index is 768. The molecule has 0 aliphatic heterocycles. The van der Waals surface area contributed by atoms with Crippen molar-refractivity contribution in [3.8, 4) is 0 Å². The molecule has 2 aromatic carbocycles. The van der Waals surface area contributed by atoms with Gasteiger partial charge in [-0.3, -0.25) is 9.59 Å². The topological polar surface area (TPSA) is 82.9 Å². The normalized spacial score (nSPS) is 11.0. The zero-order chi connectivity index (χ0) is 18.8. The predicted octanol–water partition coefficient (Wildman–Crippen LogP) is 3.37. The quantitative estimate of drug-likeness (QED) is 0.560. The zero-order valence-corrected chi connectivity index (χ0v) is 15.2. The SMILES string of the molecule is O=C(CCC(=O)NN=Cc1ccccc1Cl)NN=Cc1ccccc1Cl. The van der Waals surface area contributed by atoms with Crippen molar-refractivity contribution >= 4 is 47.4 Å². The van der Waals surface area contributed by atoms with Crippen LogP contribution >= 0.6 is 23.2 Å². The summed E-state index contributed by atoms with van der Waals surface area (Å²) >= 11 is 11.9. The number of halogens is 2.